The number of hydrogen-bond donors (Lipinski definition) is 1. The van der Waals surface area contributed by atoms with Crippen LogP contribution in [-0.2, 0) is 4.79 Å². The molecule has 1 fully saturated rings. The van der Waals surface area contributed by atoms with E-state index in [1.807, 2.05) is 18.4 Å². The minimum atomic E-state index is -0.199. The standard InChI is InChI=1S/C19H26N4OS/c1-13-9-11-17(12-10-13)23-15(3)21-22-19(23)25-14(2)18(24)20-16-7-5-4-6-8-16/h9-12,14,16H,4-8H2,1-3H3,(H,20,24)/t14-/m0/s1. The lowest BCUT2D eigenvalue weighted by Gasteiger charge is -2.24. The van der Waals surface area contributed by atoms with Gasteiger partial charge in [-0.25, -0.2) is 0 Å². The fourth-order valence-corrected chi connectivity index (χ4v) is 4.11. The lowest BCUT2D eigenvalue weighted by atomic mass is 9.95. The summed E-state index contributed by atoms with van der Waals surface area (Å²) in [5.41, 5.74) is 2.24. The molecule has 2 aromatic rings. The van der Waals surface area contributed by atoms with E-state index < -0.39 is 0 Å². The van der Waals surface area contributed by atoms with Crippen molar-refractivity contribution in [1.29, 1.82) is 0 Å². The molecule has 1 atom stereocenters. The highest BCUT2D eigenvalue weighted by atomic mass is 32.2. The SMILES string of the molecule is Cc1ccc(-n2c(C)nnc2S[C@@H](C)C(=O)NC2CCCCC2)cc1. The summed E-state index contributed by atoms with van der Waals surface area (Å²) in [5.74, 6) is 0.916. The highest BCUT2D eigenvalue weighted by Gasteiger charge is 2.23. The first kappa shape index (κ1) is 18.0. The van der Waals surface area contributed by atoms with Crippen molar-refractivity contribution in [2.75, 3.05) is 0 Å². The lowest BCUT2D eigenvalue weighted by molar-refractivity contribution is -0.121. The average molecular weight is 359 g/mol. The van der Waals surface area contributed by atoms with E-state index in [1.54, 1.807) is 0 Å². The zero-order valence-corrected chi connectivity index (χ0v) is 16.0. The van der Waals surface area contributed by atoms with Crippen LogP contribution in [0.4, 0.5) is 0 Å². The van der Waals surface area contributed by atoms with Crippen LogP contribution < -0.4 is 5.32 Å². The molecule has 0 radical (unpaired) electrons. The number of carbonyl (C=O) groups is 1. The van der Waals surface area contributed by atoms with Crippen LogP contribution in [0.2, 0.25) is 0 Å². The second-order valence-electron chi connectivity index (χ2n) is 6.80. The van der Waals surface area contributed by atoms with Gasteiger partial charge in [0, 0.05) is 11.7 Å². The van der Waals surface area contributed by atoms with Crippen molar-refractivity contribution in [2.24, 2.45) is 0 Å². The van der Waals surface area contributed by atoms with Gasteiger partial charge in [0.2, 0.25) is 5.91 Å². The van der Waals surface area contributed by atoms with Gasteiger partial charge in [0.15, 0.2) is 5.16 Å². The third kappa shape index (κ3) is 4.42. The van der Waals surface area contributed by atoms with Gasteiger partial charge in [-0.2, -0.15) is 0 Å². The van der Waals surface area contributed by atoms with Crippen LogP contribution in [0, 0.1) is 13.8 Å². The summed E-state index contributed by atoms with van der Waals surface area (Å²) in [6.07, 6.45) is 5.92. The van der Waals surface area contributed by atoms with Gasteiger partial charge in [-0.3, -0.25) is 9.36 Å². The third-order valence-corrected chi connectivity index (χ3v) is 5.73. The van der Waals surface area contributed by atoms with Gasteiger partial charge in [0.25, 0.3) is 0 Å². The number of hydrogen-bond acceptors (Lipinski definition) is 4. The molecule has 0 spiro atoms. The maximum absolute atomic E-state index is 12.5. The first-order chi connectivity index (χ1) is 12.0. The minimum Gasteiger partial charge on any atom is -0.352 e. The molecule has 1 aromatic heterocycles. The Balaban J connectivity index is 1.70. The topological polar surface area (TPSA) is 59.8 Å². The molecule has 3 rings (SSSR count). The molecule has 1 saturated carbocycles. The second kappa shape index (κ2) is 8.04. The Bertz CT molecular complexity index is 720. The Morgan fingerprint density at radius 2 is 1.84 bits per heavy atom. The zero-order chi connectivity index (χ0) is 17.8. The maximum atomic E-state index is 12.5. The molecule has 0 unspecified atom stereocenters. The number of aromatic nitrogens is 3. The van der Waals surface area contributed by atoms with E-state index >= 15 is 0 Å². The van der Waals surface area contributed by atoms with Crippen LogP contribution in [0.3, 0.4) is 0 Å². The van der Waals surface area contributed by atoms with E-state index in [9.17, 15) is 4.79 Å². The van der Waals surface area contributed by atoms with Gasteiger partial charge in [0.1, 0.15) is 5.82 Å². The summed E-state index contributed by atoms with van der Waals surface area (Å²) in [6.45, 7) is 5.94. The molecule has 6 heteroatoms. The molecule has 25 heavy (non-hydrogen) atoms. The number of aryl methyl sites for hydroxylation is 2. The minimum absolute atomic E-state index is 0.0907. The molecule has 0 saturated heterocycles. The van der Waals surface area contributed by atoms with Crippen molar-refractivity contribution in [2.45, 2.75) is 69.3 Å². The van der Waals surface area contributed by atoms with Crippen LogP contribution in [0.5, 0.6) is 0 Å². The van der Waals surface area contributed by atoms with Crippen molar-refractivity contribution in [1.82, 2.24) is 20.1 Å². The summed E-state index contributed by atoms with van der Waals surface area (Å²) in [7, 11) is 0. The van der Waals surface area contributed by atoms with E-state index in [0.29, 0.717) is 6.04 Å². The number of amides is 1. The first-order valence-electron chi connectivity index (χ1n) is 9.00. The van der Waals surface area contributed by atoms with Gasteiger partial charge in [-0.05, 0) is 45.7 Å². The van der Waals surface area contributed by atoms with Crippen LogP contribution in [0.15, 0.2) is 29.4 Å². The quantitative estimate of drug-likeness (QED) is 0.826. The zero-order valence-electron chi connectivity index (χ0n) is 15.2. The van der Waals surface area contributed by atoms with Gasteiger partial charge in [-0.15, -0.1) is 10.2 Å². The van der Waals surface area contributed by atoms with Crippen LogP contribution in [0.1, 0.15) is 50.4 Å². The lowest BCUT2D eigenvalue weighted by Crippen LogP contribution is -2.40. The van der Waals surface area contributed by atoms with E-state index in [1.165, 1.54) is 36.6 Å². The highest BCUT2D eigenvalue weighted by Crippen LogP contribution is 2.26. The fraction of sp³-hybridized carbons (Fsp3) is 0.526. The first-order valence-corrected chi connectivity index (χ1v) is 9.88. The van der Waals surface area contributed by atoms with Crippen molar-refractivity contribution in [3.63, 3.8) is 0 Å². The average Bonchev–Trinajstić information content (AvgIpc) is 2.97. The normalized spacial score (nSPS) is 16.6. The summed E-state index contributed by atoms with van der Waals surface area (Å²) in [5, 5.41) is 12.2. The maximum Gasteiger partial charge on any atom is 0.233 e. The molecule has 0 aliphatic heterocycles. The largest absolute Gasteiger partial charge is 0.352 e. The van der Waals surface area contributed by atoms with E-state index in [4.69, 9.17) is 0 Å². The Hall–Kier alpha value is -1.82. The summed E-state index contributed by atoms with van der Waals surface area (Å²) < 4.78 is 2.01. The fourth-order valence-electron chi connectivity index (χ4n) is 3.19. The smallest absolute Gasteiger partial charge is 0.233 e. The number of benzene rings is 1. The molecule has 1 aliphatic carbocycles. The van der Waals surface area contributed by atoms with Crippen molar-refractivity contribution >= 4 is 17.7 Å². The number of thioether (sulfide) groups is 1. The molecular weight excluding hydrogens is 332 g/mol. The van der Waals surface area contributed by atoms with Gasteiger partial charge >= 0.3 is 0 Å². The molecule has 1 amide bonds. The van der Waals surface area contributed by atoms with Crippen molar-refractivity contribution < 1.29 is 4.79 Å². The Morgan fingerprint density at radius 1 is 1.16 bits per heavy atom. The predicted octanol–water partition coefficient (Wildman–Crippen LogP) is 3.81. The molecule has 1 aromatic carbocycles. The van der Waals surface area contributed by atoms with Crippen LogP contribution in [0.25, 0.3) is 5.69 Å². The van der Waals surface area contributed by atoms with E-state index in [2.05, 4.69) is 46.7 Å². The number of nitrogens with zero attached hydrogens (tertiary/aromatic N) is 3. The molecule has 134 valence electrons. The summed E-state index contributed by atoms with van der Waals surface area (Å²) in [4.78, 5) is 12.5. The highest BCUT2D eigenvalue weighted by molar-refractivity contribution is 8.00. The summed E-state index contributed by atoms with van der Waals surface area (Å²) >= 11 is 1.46. The van der Waals surface area contributed by atoms with Gasteiger partial charge in [-0.1, -0.05) is 48.7 Å². The van der Waals surface area contributed by atoms with E-state index in [0.717, 1.165) is 29.5 Å². The molecule has 5 nitrogen and oxygen atoms in total. The molecule has 1 heterocycles. The molecule has 0 bridgehead atoms. The summed E-state index contributed by atoms with van der Waals surface area (Å²) in [6, 6.07) is 8.59. The molecule has 1 N–H and O–H groups in total. The number of carbonyl (C=O) groups excluding carboxylic acids is 1. The number of rotatable bonds is 5. The molecular formula is C19H26N4OS. The second-order valence-corrected chi connectivity index (χ2v) is 8.11. The van der Waals surface area contributed by atoms with Crippen molar-refractivity contribution in [3.8, 4) is 5.69 Å². The Labute approximate surface area is 153 Å². The van der Waals surface area contributed by atoms with Crippen LogP contribution in [-0.4, -0.2) is 32.0 Å². The predicted molar refractivity (Wildman–Crippen MR) is 101 cm³/mol. The van der Waals surface area contributed by atoms with Crippen molar-refractivity contribution in [3.05, 3.63) is 35.7 Å². The van der Waals surface area contributed by atoms with Gasteiger partial charge in [0.05, 0.1) is 5.25 Å². The monoisotopic (exact) mass is 358 g/mol. The third-order valence-electron chi connectivity index (χ3n) is 4.69. The molecule has 1 aliphatic rings. The Morgan fingerprint density at radius 3 is 2.52 bits per heavy atom. The Kier molecular flexibility index (Phi) is 5.78. The number of nitrogens with one attached hydrogen (secondary N) is 1. The van der Waals surface area contributed by atoms with Gasteiger partial charge < -0.3 is 5.32 Å². The van der Waals surface area contributed by atoms with E-state index in [-0.39, 0.29) is 11.2 Å². The van der Waals surface area contributed by atoms with Crippen LogP contribution >= 0.6 is 11.8 Å².